The number of benzene rings is 10. The van der Waals surface area contributed by atoms with Crippen LogP contribution in [0, 0.1) is 20.8 Å². The van der Waals surface area contributed by atoms with Crippen LogP contribution in [0.25, 0.3) is 77.8 Å². The quantitative estimate of drug-likeness (QED) is 0.0556. The van der Waals surface area contributed by atoms with Crippen LogP contribution >= 0.6 is 46.4 Å². The van der Waals surface area contributed by atoms with Crippen molar-refractivity contribution in [3.8, 4) is 66.8 Å². The van der Waals surface area contributed by atoms with Gasteiger partial charge in [-0.25, -0.2) is 9.97 Å². The minimum absolute atomic E-state index is 0.0279. The molecule has 10 aromatic carbocycles. The molecule has 426 valence electrons. The van der Waals surface area contributed by atoms with E-state index in [1.54, 1.807) is 6.08 Å². The number of para-hydroxylation sites is 1. The molecule has 0 fully saturated rings. The van der Waals surface area contributed by atoms with Gasteiger partial charge < -0.3 is 0 Å². The topological polar surface area (TPSA) is 66.4 Å². The van der Waals surface area contributed by atoms with Gasteiger partial charge in [-0.3, -0.25) is 19.4 Å². The number of rotatable bonds is 11. The average Bonchev–Trinajstić information content (AvgIpc) is 1.61. The average molecular weight is 1210 g/mol. The molecule has 0 saturated carbocycles. The fourth-order valence-electron chi connectivity index (χ4n) is 12.2. The fraction of sp³-hybridized carbons (Fsp3) is 0.117. The monoisotopic (exact) mass is 1210 g/mol. The summed E-state index contributed by atoms with van der Waals surface area (Å²) in [4.78, 5) is 45.9. The molecule has 1 aliphatic heterocycles. The van der Waals surface area contributed by atoms with Crippen molar-refractivity contribution >= 4 is 92.0 Å². The van der Waals surface area contributed by atoms with Crippen molar-refractivity contribution in [3.63, 3.8) is 0 Å². The lowest BCUT2D eigenvalue weighted by molar-refractivity contribution is 0.0988. The zero-order valence-corrected chi connectivity index (χ0v) is 52.0. The van der Waals surface area contributed by atoms with Gasteiger partial charge in [0.1, 0.15) is 5.82 Å². The minimum Gasteiger partial charge on any atom is -0.288 e. The summed E-state index contributed by atoms with van der Waals surface area (Å²) in [6, 6.07) is 70.7. The van der Waals surface area contributed by atoms with E-state index >= 15 is 0 Å². The third-order valence-corrected chi connectivity index (χ3v) is 18.5. The van der Waals surface area contributed by atoms with Crippen molar-refractivity contribution in [2.24, 2.45) is 0 Å². The van der Waals surface area contributed by atoms with Crippen molar-refractivity contribution in [1.82, 2.24) is 9.97 Å². The van der Waals surface area contributed by atoms with Gasteiger partial charge in [0, 0.05) is 11.1 Å². The van der Waals surface area contributed by atoms with Crippen LogP contribution in [0.2, 0.25) is 20.1 Å². The number of hydrogen-bond donors (Lipinski definition) is 0. The molecule has 0 saturated heterocycles. The Morgan fingerprint density at radius 3 is 1.08 bits per heavy atom. The molecule has 87 heavy (non-hydrogen) atoms. The number of carbonyl (C=O) groups excluding carboxylic acids is 2. The zero-order chi connectivity index (χ0) is 60.5. The first-order valence-electron chi connectivity index (χ1n) is 29.1. The predicted octanol–water partition coefficient (Wildman–Crippen LogP) is 22.6. The van der Waals surface area contributed by atoms with Crippen molar-refractivity contribution in [2.75, 3.05) is 9.80 Å². The maximum Gasteiger partial charge on any atom is 0.199 e. The first kappa shape index (κ1) is 57.2. The van der Waals surface area contributed by atoms with E-state index in [1.165, 1.54) is 0 Å². The lowest BCUT2D eigenvalue weighted by Gasteiger charge is -2.32. The largest absolute Gasteiger partial charge is 0.288 e. The summed E-state index contributed by atoms with van der Waals surface area (Å²) in [6.07, 6.45) is 3.44. The molecule has 0 radical (unpaired) electrons. The Bertz CT molecular complexity index is 4350. The number of hydrogen-bond acceptors (Lipinski definition) is 6. The van der Waals surface area contributed by atoms with E-state index in [-0.39, 0.29) is 48.6 Å². The molecule has 6 nitrogen and oxygen atoms in total. The van der Waals surface area contributed by atoms with Crippen molar-refractivity contribution in [3.05, 3.63) is 283 Å². The van der Waals surface area contributed by atoms with Crippen molar-refractivity contribution in [2.45, 2.75) is 60.3 Å². The first-order valence-corrected chi connectivity index (χ1v) is 30.6. The van der Waals surface area contributed by atoms with Gasteiger partial charge in [-0.1, -0.05) is 214 Å². The van der Waals surface area contributed by atoms with E-state index in [0.717, 1.165) is 106 Å². The normalized spacial score (nSPS) is 13.4. The second kappa shape index (κ2) is 23.1. The van der Waals surface area contributed by atoms with E-state index in [2.05, 4.69) is 234 Å². The number of aromatic nitrogens is 2. The van der Waals surface area contributed by atoms with Crippen LogP contribution in [0.15, 0.2) is 224 Å². The van der Waals surface area contributed by atoms with E-state index in [9.17, 15) is 9.59 Å². The number of halogens is 4. The number of anilines is 4. The standard InChI is InChI=1S/C77H58Cl4N4O2/c1-43(2)58-29-20-30-59(44(3)4)72(58)84-65(32-31-60-74(86)66-67(75(60)87)69(79)71(81)70(80)68(66)78)85(77-76(84)82-63-35-46(6)47(7)36-64(63)83-77)73-61(56-39-52(48-21-12-8-13-22-48)37-53(40-56)49-23-14-9-15-24-49)33-45(5)34-62(73)57-41-54(50-25-16-10-17-26-50)38-55(42-57)51-27-18-11-19-28-51/h8-44H,1-7H3/b65-32+. The Balaban J connectivity index is 1.21. The van der Waals surface area contributed by atoms with E-state index in [1.807, 2.05) is 30.3 Å². The summed E-state index contributed by atoms with van der Waals surface area (Å²) in [5, 5.41) is -0.491. The van der Waals surface area contributed by atoms with Gasteiger partial charge in [-0.15, -0.1) is 0 Å². The van der Waals surface area contributed by atoms with Gasteiger partial charge in [0.15, 0.2) is 23.2 Å². The number of ketones is 2. The molecule has 1 aromatic heterocycles. The van der Waals surface area contributed by atoms with E-state index in [4.69, 9.17) is 56.4 Å². The Hall–Kier alpha value is -8.88. The van der Waals surface area contributed by atoms with Gasteiger partial charge in [-0.2, -0.15) is 0 Å². The molecule has 2 aliphatic rings. The highest BCUT2D eigenvalue weighted by Crippen LogP contribution is 2.57. The lowest BCUT2D eigenvalue weighted by atomic mass is 9.87. The Morgan fingerprint density at radius 2 is 0.724 bits per heavy atom. The van der Waals surface area contributed by atoms with Crippen LogP contribution in [0.1, 0.15) is 88.1 Å². The maximum atomic E-state index is 15.0. The molecule has 2 heterocycles. The molecule has 13 rings (SSSR count). The molecule has 1 aliphatic carbocycles. The van der Waals surface area contributed by atoms with Crippen LogP contribution in [-0.4, -0.2) is 21.5 Å². The Kier molecular flexibility index (Phi) is 15.2. The van der Waals surface area contributed by atoms with Crippen molar-refractivity contribution in [1.29, 1.82) is 0 Å². The fourth-order valence-corrected chi connectivity index (χ4v) is 13.2. The summed E-state index contributed by atoms with van der Waals surface area (Å²) < 4.78 is 0. The molecule has 0 amide bonds. The number of aryl methyl sites for hydroxylation is 3. The number of nitrogens with zero attached hydrogens (tertiary/aromatic N) is 4. The first-order chi connectivity index (χ1) is 42.0. The predicted molar refractivity (Wildman–Crippen MR) is 363 cm³/mol. The van der Waals surface area contributed by atoms with Crippen LogP contribution in [-0.2, 0) is 0 Å². The lowest BCUT2D eigenvalue weighted by Crippen LogP contribution is -2.25. The van der Waals surface area contributed by atoms with Crippen LogP contribution in [0.3, 0.4) is 0 Å². The van der Waals surface area contributed by atoms with Gasteiger partial charge in [0.25, 0.3) is 0 Å². The molecule has 0 spiro atoms. The van der Waals surface area contributed by atoms with E-state index < -0.39 is 11.6 Å². The summed E-state index contributed by atoms with van der Waals surface area (Å²) >= 11 is 26.9. The Labute approximate surface area is 527 Å². The second-order valence-electron chi connectivity index (χ2n) is 23.1. The molecule has 0 atom stereocenters. The molecular formula is C77H58Cl4N4O2. The summed E-state index contributed by atoms with van der Waals surface area (Å²) in [7, 11) is 0. The highest BCUT2D eigenvalue weighted by atomic mass is 35.5. The van der Waals surface area contributed by atoms with Crippen LogP contribution < -0.4 is 9.80 Å². The van der Waals surface area contributed by atoms with Crippen LogP contribution in [0.5, 0.6) is 0 Å². The molecule has 0 bridgehead atoms. The summed E-state index contributed by atoms with van der Waals surface area (Å²) in [5.41, 5.74) is 20.0. The van der Waals surface area contributed by atoms with Crippen LogP contribution in [0.4, 0.5) is 23.0 Å². The zero-order valence-electron chi connectivity index (χ0n) is 49.0. The number of allylic oxidation sites excluding steroid dienone is 3. The number of carbonyl (C=O) groups is 2. The third kappa shape index (κ3) is 10.2. The van der Waals surface area contributed by atoms with Gasteiger partial charge >= 0.3 is 0 Å². The molecule has 11 aromatic rings. The Morgan fingerprint density at radius 1 is 0.379 bits per heavy atom. The second-order valence-corrected chi connectivity index (χ2v) is 24.6. The van der Waals surface area contributed by atoms with Gasteiger partial charge in [0.05, 0.1) is 59.2 Å². The van der Waals surface area contributed by atoms with Gasteiger partial charge in [0.2, 0.25) is 0 Å². The number of Topliss-reactive ketones (excluding diaryl/α,β-unsaturated/α-hetero) is 2. The molecular weight excluding hydrogens is 1150 g/mol. The smallest absolute Gasteiger partial charge is 0.199 e. The number of fused-ring (bicyclic) bond motifs is 3. The molecule has 0 N–H and O–H groups in total. The van der Waals surface area contributed by atoms with Gasteiger partial charge in [-0.05, 0) is 189 Å². The summed E-state index contributed by atoms with van der Waals surface area (Å²) in [6.45, 7) is 15.1. The SMILES string of the molecule is Cc1cc(-c2cc(-c3ccccc3)cc(-c3ccccc3)c2)c(N2/C(=C/C=C3C(=O)c4c(Cl)c(Cl)c(Cl)c(Cl)c4C3=O)N(c3c(C(C)C)cccc3C(C)C)c3nc4cc(C)c(C)cc4nc32)c(-c2cc(-c3ccccc3)cc(-c3ccccc3)c2)c1. The maximum absolute atomic E-state index is 15.0. The minimum atomic E-state index is -0.627. The van der Waals surface area contributed by atoms with Crippen molar-refractivity contribution < 1.29 is 9.59 Å². The van der Waals surface area contributed by atoms with E-state index in [0.29, 0.717) is 28.5 Å². The highest BCUT2D eigenvalue weighted by Gasteiger charge is 2.43. The highest BCUT2D eigenvalue weighted by molar-refractivity contribution is 6.57. The summed E-state index contributed by atoms with van der Waals surface area (Å²) in [5.74, 6) is 0.456. The third-order valence-electron chi connectivity index (χ3n) is 16.7. The molecule has 0 unspecified atom stereocenters. The molecule has 10 heteroatoms.